The fourth-order valence-electron chi connectivity index (χ4n) is 6.73. The third-order valence-electron chi connectivity index (χ3n) is 9.44. The van der Waals surface area contributed by atoms with Gasteiger partial charge in [0, 0.05) is 0 Å². The van der Waals surface area contributed by atoms with Crippen LogP contribution in [0.3, 0.4) is 0 Å². The first kappa shape index (κ1) is 47.9. The predicted molar refractivity (Wildman–Crippen MR) is 245 cm³/mol. The molecule has 8 aromatic carbocycles. The van der Waals surface area contributed by atoms with Gasteiger partial charge in [-0.1, -0.05) is 173 Å². The molecule has 4 heteroatoms. The molecule has 0 heterocycles. The molecular formula is C52H60O2SiZr-4. The number of aromatic hydroxyl groups is 2. The Morgan fingerprint density at radius 2 is 0.768 bits per heavy atom. The molecule has 0 saturated heterocycles. The third kappa shape index (κ3) is 12.4. The fraction of sp³-hybridized carbons (Fsp3) is 0.231. The van der Waals surface area contributed by atoms with Crippen molar-refractivity contribution in [2.75, 3.05) is 0 Å². The van der Waals surface area contributed by atoms with Crippen LogP contribution in [0.1, 0.15) is 74.9 Å². The Hall–Kier alpha value is -4.24. The Bertz CT molecular complexity index is 2300. The van der Waals surface area contributed by atoms with Gasteiger partial charge >= 0.3 is 30.2 Å². The van der Waals surface area contributed by atoms with Crippen LogP contribution in [0.15, 0.2) is 133 Å². The second-order valence-corrected chi connectivity index (χ2v) is 16.2. The molecule has 0 amide bonds. The van der Waals surface area contributed by atoms with Crippen LogP contribution in [0.4, 0.5) is 0 Å². The van der Waals surface area contributed by atoms with Crippen LogP contribution < -0.4 is 0 Å². The number of phenolic OH excluding ortho intramolecular Hbond substituents is 2. The van der Waals surface area contributed by atoms with Crippen molar-refractivity contribution >= 4 is 50.0 Å². The van der Waals surface area contributed by atoms with Crippen molar-refractivity contribution in [1.82, 2.24) is 0 Å². The summed E-state index contributed by atoms with van der Waals surface area (Å²) in [6.45, 7) is 24.0. The molecule has 0 aromatic heterocycles. The first-order chi connectivity index (χ1) is 25.5. The van der Waals surface area contributed by atoms with E-state index in [1.54, 1.807) is 12.1 Å². The summed E-state index contributed by atoms with van der Waals surface area (Å²) in [5, 5.41) is 30.0. The van der Waals surface area contributed by atoms with E-state index in [0.717, 1.165) is 11.1 Å². The van der Waals surface area contributed by atoms with E-state index in [4.69, 9.17) is 0 Å². The van der Waals surface area contributed by atoms with Gasteiger partial charge in [0.25, 0.3) is 0 Å². The third-order valence-corrected chi connectivity index (χ3v) is 9.44. The number of hydrogen-bond donors (Lipinski definition) is 2. The number of rotatable bonds is 0. The van der Waals surface area contributed by atoms with Crippen LogP contribution in [0.5, 0.6) is 11.5 Å². The first-order valence-corrected chi connectivity index (χ1v) is 22.6. The molecule has 2 nitrogen and oxygen atoms in total. The molecule has 0 unspecified atom stereocenters. The van der Waals surface area contributed by atoms with Gasteiger partial charge in [-0.15, -0.1) is 56.9 Å². The summed E-state index contributed by atoms with van der Waals surface area (Å²) in [7, 11) is 0. The summed E-state index contributed by atoms with van der Waals surface area (Å²) in [5.74, 6) is 0.793. The van der Waals surface area contributed by atoms with Crippen molar-refractivity contribution in [3.8, 4) is 11.5 Å². The molecule has 56 heavy (non-hydrogen) atoms. The zero-order valence-corrected chi connectivity index (χ0v) is 39.1. The number of benzene rings is 6. The topological polar surface area (TPSA) is 40.5 Å². The molecule has 0 fully saturated rings. The Morgan fingerprint density at radius 3 is 1.09 bits per heavy atom. The van der Waals surface area contributed by atoms with Gasteiger partial charge in [-0.3, -0.25) is 0 Å². The molecule has 2 radical (unpaired) electrons. The summed E-state index contributed by atoms with van der Waals surface area (Å²) in [4.78, 5) is 0. The van der Waals surface area contributed by atoms with E-state index in [2.05, 4.69) is 159 Å². The Kier molecular flexibility index (Phi) is 17.8. The normalized spacial score (nSPS) is 10.7. The Labute approximate surface area is 354 Å². The van der Waals surface area contributed by atoms with Crippen LogP contribution in [0.25, 0.3) is 43.1 Å². The van der Waals surface area contributed by atoms with Crippen molar-refractivity contribution in [3.05, 3.63) is 182 Å². The van der Waals surface area contributed by atoms with Crippen LogP contribution >= 0.6 is 0 Å². The van der Waals surface area contributed by atoms with Gasteiger partial charge in [0.1, 0.15) is 11.5 Å². The monoisotopic (exact) mass is 834 g/mol. The fourth-order valence-corrected chi connectivity index (χ4v) is 6.73. The molecule has 0 bridgehead atoms. The van der Waals surface area contributed by atoms with Gasteiger partial charge in [0.2, 0.25) is 0 Å². The molecule has 0 spiro atoms. The second-order valence-electron chi connectivity index (χ2n) is 16.2. The second kappa shape index (κ2) is 20.8. The molecule has 0 aliphatic heterocycles. The molecule has 0 aliphatic rings. The van der Waals surface area contributed by atoms with E-state index in [1.807, 2.05) is 38.1 Å². The van der Waals surface area contributed by atoms with Gasteiger partial charge in [-0.2, -0.15) is 12.1 Å². The summed E-state index contributed by atoms with van der Waals surface area (Å²) in [5.41, 5.74) is 7.15. The summed E-state index contributed by atoms with van der Waals surface area (Å²) in [6, 6.07) is 46.3. The van der Waals surface area contributed by atoms with Crippen LogP contribution in [-0.4, -0.2) is 17.1 Å². The zero-order chi connectivity index (χ0) is 39.8. The summed E-state index contributed by atoms with van der Waals surface area (Å²) >= 11 is 1.36. The van der Waals surface area contributed by atoms with Gasteiger partial charge < -0.3 is 25.1 Å². The number of phenols is 2. The first-order valence-electron chi connectivity index (χ1n) is 18.5. The average molecular weight is 836 g/mol. The van der Waals surface area contributed by atoms with Crippen molar-refractivity contribution < 1.29 is 33.5 Å². The number of aryl methyl sites for hydroxylation is 4. The van der Waals surface area contributed by atoms with E-state index in [9.17, 15) is 10.2 Å². The van der Waals surface area contributed by atoms with Gasteiger partial charge in [0.05, 0.1) is 0 Å². The minimum absolute atomic E-state index is 0. The molecule has 0 atom stereocenters. The van der Waals surface area contributed by atoms with Crippen molar-refractivity contribution in [2.24, 2.45) is 0 Å². The van der Waals surface area contributed by atoms with E-state index in [0.29, 0.717) is 11.5 Å². The van der Waals surface area contributed by atoms with Crippen LogP contribution in [0, 0.1) is 42.5 Å². The number of hydrogen-bond acceptors (Lipinski definition) is 2. The van der Waals surface area contributed by atoms with Crippen molar-refractivity contribution in [1.29, 1.82) is 0 Å². The maximum absolute atomic E-state index is 9.57. The standard InChI is InChI=1S/2C14H11.2C11H16O.2CH3.Si.Zr/c2*1-10-8-12-7-6-11-4-2-3-5-13(11)14(12)9-10;2*1-8-5-6-10(12)9(7-8)11(2,3)4;;;;/h2*2-9H,1H3;2*5-7,12H,1-4H3;2*1H3;;/q2*-1;;;2*-1;;. The predicted octanol–water partition coefficient (Wildman–Crippen LogP) is 14.6. The average Bonchev–Trinajstić information content (AvgIpc) is 3.72. The van der Waals surface area contributed by atoms with E-state index >= 15 is 0 Å². The molecule has 8 aromatic rings. The summed E-state index contributed by atoms with van der Waals surface area (Å²) in [6.07, 6.45) is 0. The molecule has 8 rings (SSSR count). The SMILES string of the molecule is Cc1cc2ccc3ccccc3c2[cH-]1.Cc1cc2ccc3ccccc3c2[cH-]1.Cc1ccc(O)c(C(C)(C)C)c1.Cc1ccc(O)c(C(C)(C)C)c1.[CH3-].[CH3-].[Si]=[Zr]. The van der Waals surface area contributed by atoms with Gasteiger partial charge in [-0.05, 0) is 47.9 Å². The number of fused-ring (bicyclic) bond motifs is 6. The molecular weight excluding hydrogens is 776 g/mol. The van der Waals surface area contributed by atoms with Gasteiger partial charge in [0.15, 0.2) is 0 Å². The van der Waals surface area contributed by atoms with Crippen LogP contribution in [0.2, 0.25) is 0 Å². The quantitative estimate of drug-likeness (QED) is 0.118. The summed E-state index contributed by atoms with van der Waals surface area (Å²) < 4.78 is 0. The Balaban J connectivity index is 0.000000252. The zero-order valence-electron chi connectivity index (χ0n) is 35.6. The Morgan fingerprint density at radius 1 is 0.446 bits per heavy atom. The molecule has 292 valence electrons. The minimum atomic E-state index is 0. The van der Waals surface area contributed by atoms with Crippen molar-refractivity contribution in [3.63, 3.8) is 0 Å². The van der Waals surface area contributed by atoms with E-state index in [1.165, 1.54) is 88.7 Å². The van der Waals surface area contributed by atoms with E-state index in [-0.39, 0.29) is 25.7 Å². The van der Waals surface area contributed by atoms with Gasteiger partial charge in [-0.25, -0.2) is 0 Å². The molecule has 0 aliphatic carbocycles. The van der Waals surface area contributed by atoms with Crippen LogP contribution in [-0.2, 0) is 34.2 Å². The molecule has 0 saturated carbocycles. The van der Waals surface area contributed by atoms with Crippen molar-refractivity contribution in [2.45, 2.75) is 80.1 Å². The van der Waals surface area contributed by atoms with E-state index < -0.39 is 0 Å². The maximum atomic E-state index is 9.57. The molecule has 2 N–H and O–H groups in total.